The Morgan fingerprint density at radius 1 is 1.60 bits per heavy atom. The van der Waals surface area contributed by atoms with Gasteiger partial charge in [0.15, 0.2) is 0 Å². The number of hydrogen-bond donors (Lipinski definition) is 0. The molecular weight excluding hydrogens is 128 g/mol. The second kappa shape index (κ2) is 3.20. The van der Waals surface area contributed by atoms with Crippen molar-refractivity contribution in [1.82, 2.24) is 0 Å². The first-order chi connectivity index (χ1) is 4.83. The summed E-state index contributed by atoms with van der Waals surface area (Å²) in [6.07, 6.45) is 6.98. The zero-order valence-electron chi connectivity index (χ0n) is 5.75. The van der Waals surface area contributed by atoms with Gasteiger partial charge in [0.05, 0.1) is 0 Å². The lowest BCUT2D eigenvalue weighted by Crippen LogP contribution is -2.12. The van der Waals surface area contributed by atoms with Gasteiger partial charge in [-0.15, -0.1) is 0 Å². The largest absolute Gasteiger partial charge is 0.459 e. The number of ether oxygens (including phenoxy) is 1. The zero-order valence-corrected chi connectivity index (χ0v) is 5.75. The lowest BCUT2D eigenvalue weighted by molar-refractivity contribution is -0.142. The Morgan fingerprint density at radius 2 is 2.20 bits per heavy atom. The van der Waals surface area contributed by atoms with Crippen LogP contribution in [0.3, 0.4) is 0 Å². The summed E-state index contributed by atoms with van der Waals surface area (Å²) in [5, 5.41) is 0. The van der Waals surface area contributed by atoms with Gasteiger partial charge in [-0.1, -0.05) is 18.7 Å². The van der Waals surface area contributed by atoms with Crippen molar-refractivity contribution < 1.29 is 9.53 Å². The van der Waals surface area contributed by atoms with E-state index in [4.69, 9.17) is 4.74 Å². The van der Waals surface area contributed by atoms with E-state index >= 15 is 0 Å². The summed E-state index contributed by atoms with van der Waals surface area (Å²) in [5.74, 6) is -0.325. The predicted octanol–water partition coefficient (Wildman–Crippen LogP) is 1.43. The molecule has 0 N–H and O–H groups in total. The Balaban J connectivity index is 2.26. The minimum absolute atomic E-state index is 0.0606. The van der Waals surface area contributed by atoms with Crippen LogP contribution in [0.25, 0.3) is 0 Å². The van der Waals surface area contributed by atoms with Crippen molar-refractivity contribution in [1.29, 1.82) is 0 Å². The molecule has 0 unspecified atom stereocenters. The summed E-state index contributed by atoms with van der Waals surface area (Å²) in [7, 11) is 0. The highest BCUT2D eigenvalue weighted by atomic mass is 16.5. The number of rotatable bonds is 2. The van der Waals surface area contributed by atoms with Crippen LogP contribution in [0.2, 0.25) is 0 Å². The molecule has 2 heteroatoms. The molecule has 0 bridgehead atoms. The van der Waals surface area contributed by atoms with E-state index in [1.165, 1.54) is 6.08 Å². The third kappa shape index (κ3) is 1.72. The summed E-state index contributed by atoms with van der Waals surface area (Å²) < 4.78 is 4.94. The number of hydrogen-bond acceptors (Lipinski definition) is 2. The SMILES string of the molecule is C=CC(=O)OC1CC=CC1. The molecular formula is C8H10O2. The van der Waals surface area contributed by atoms with E-state index in [9.17, 15) is 4.79 Å². The first-order valence-electron chi connectivity index (χ1n) is 3.31. The van der Waals surface area contributed by atoms with Crippen LogP contribution in [0.4, 0.5) is 0 Å². The molecule has 0 aromatic carbocycles. The van der Waals surface area contributed by atoms with Crippen molar-refractivity contribution in [2.75, 3.05) is 0 Å². The molecule has 0 heterocycles. The highest BCUT2D eigenvalue weighted by molar-refractivity contribution is 5.81. The Labute approximate surface area is 60.2 Å². The average Bonchev–Trinajstić information content (AvgIpc) is 2.40. The summed E-state index contributed by atoms with van der Waals surface area (Å²) in [6, 6.07) is 0. The smallest absolute Gasteiger partial charge is 0.330 e. The first-order valence-corrected chi connectivity index (χ1v) is 3.31. The molecule has 0 amide bonds. The van der Waals surface area contributed by atoms with Gasteiger partial charge < -0.3 is 4.74 Å². The van der Waals surface area contributed by atoms with Crippen LogP contribution >= 0.6 is 0 Å². The molecule has 0 spiro atoms. The lowest BCUT2D eigenvalue weighted by atomic mass is 10.3. The van der Waals surface area contributed by atoms with Crippen LogP contribution in [0, 0.1) is 0 Å². The van der Waals surface area contributed by atoms with Crippen LogP contribution in [0.5, 0.6) is 0 Å². The highest BCUT2D eigenvalue weighted by Gasteiger charge is 2.12. The molecule has 0 aliphatic heterocycles. The molecule has 1 rings (SSSR count). The summed E-state index contributed by atoms with van der Waals surface area (Å²) in [5.41, 5.74) is 0. The third-order valence-electron chi connectivity index (χ3n) is 1.41. The second-order valence-electron chi connectivity index (χ2n) is 2.21. The maximum Gasteiger partial charge on any atom is 0.330 e. The fraction of sp³-hybridized carbons (Fsp3) is 0.375. The number of carbonyl (C=O) groups is 1. The molecule has 0 atom stereocenters. The Kier molecular flexibility index (Phi) is 2.26. The summed E-state index contributed by atoms with van der Waals surface area (Å²) >= 11 is 0. The van der Waals surface area contributed by atoms with Crippen molar-refractivity contribution in [3.05, 3.63) is 24.8 Å². The summed E-state index contributed by atoms with van der Waals surface area (Å²) in [6.45, 7) is 3.31. The normalized spacial score (nSPS) is 17.2. The van der Waals surface area contributed by atoms with Gasteiger partial charge in [0.25, 0.3) is 0 Å². The highest BCUT2D eigenvalue weighted by Crippen LogP contribution is 2.13. The fourth-order valence-electron chi connectivity index (χ4n) is 0.901. The Hall–Kier alpha value is -1.05. The monoisotopic (exact) mass is 138 g/mol. The molecule has 0 aromatic rings. The minimum Gasteiger partial charge on any atom is -0.459 e. The van der Waals surface area contributed by atoms with Gasteiger partial charge in [-0.2, -0.15) is 0 Å². The molecule has 0 aromatic heterocycles. The van der Waals surface area contributed by atoms with E-state index in [0.29, 0.717) is 0 Å². The molecule has 0 fully saturated rings. The van der Waals surface area contributed by atoms with Gasteiger partial charge in [0.2, 0.25) is 0 Å². The van der Waals surface area contributed by atoms with Crippen molar-refractivity contribution >= 4 is 5.97 Å². The van der Waals surface area contributed by atoms with Gasteiger partial charge in [-0.3, -0.25) is 0 Å². The second-order valence-corrected chi connectivity index (χ2v) is 2.21. The maximum absolute atomic E-state index is 10.6. The van der Waals surface area contributed by atoms with Crippen LogP contribution in [0.1, 0.15) is 12.8 Å². The third-order valence-corrected chi connectivity index (χ3v) is 1.41. The topological polar surface area (TPSA) is 26.3 Å². The first kappa shape index (κ1) is 7.06. The minimum atomic E-state index is -0.325. The van der Waals surface area contributed by atoms with E-state index in [1.54, 1.807) is 0 Å². The average molecular weight is 138 g/mol. The van der Waals surface area contributed by atoms with Crippen molar-refractivity contribution in [3.8, 4) is 0 Å². The molecule has 1 aliphatic rings. The molecule has 0 saturated heterocycles. The van der Waals surface area contributed by atoms with E-state index in [-0.39, 0.29) is 12.1 Å². The van der Waals surface area contributed by atoms with Crippen molar-refractivity contribution in [2.45, 2.75) is 18.9 Å². The van der Waals surface area contributed by atoms with Gasteiger partial charge in [-0.05, 0) is 0 Å². The van der Waals surface area contributed by atoms with Crippen LogP contribution in [-0.2, 0) is 9.53 Å². The standard InChI is InChI=1S/C8H10O2/c1-2-8(9)10-7-5-3-4-6-7/h2-4,7H,1,5-6H2. The number of carbonyl (C=O) groups excluding carboxylic acids is 1. The predicted molar refractivity (Wildman–Crippen MR) is 38.5 cm³/mol. The van der Waals surface area contributed by atoms with Gasteiger partial charge in [-0.25, -0.2) is 4.79 Å². The zero-order chi connectivity index (χ0) is 7.40. The van der Waals surface area contributed by atoms with E-state index in [1.807, 2.05) is 12.2 Å². The van der Waals surface area contributed by atoms with Crippen molar-refractivity contribution in [3.63, 3.8) is 0 Å². The van der Waals surface area contributed by atoms with E-state index in [0.717, 1.165) is 12.8 Å². The molecule has 2 nitrogen and oxygen atoms in total. The summed E-state index contributed by atoms with van der Waals surface area (Å²) in [4.78, 5) is 10.6. The molecule has 0 radical (unpaired) electrons. The Morgan fingerprint density at radius 3 is 2.70 bits per heavy atom. The van der Waals surface area contributed by atoms with Crippen LogP contribution in [0.15, 0.2) is 24.8 Å². The maximum atomic E-state index is 10.6. The Bertz CT molecular complexity index is 162. The molecule has 0 saturated carbocycles. The molecule has 54 valence electrons. The van der Waals surface area contributed by atoms with E-state index < -0.39 is 0 Å². The van der Waals surface area contributed by atoms with Gasteiger partial charge in [0.1, 0.15) is 6.10 Å². The quantitative estimate of drug-likeness (QED) is 0.328. The van der Waals surface area contributed by atoms with Crippen LogP contribution < -0.4 is 0 Å². The van der Waals surface area contributed by atoms with Gasteiger partial charge >= 0.3 is 5.97 Å². The van der Waals surface area contributed by atoms with Gasteiger partial charge in [0, 0.05) is 18.9 Å². The fourth-order valence-corrected chi connectivity index (χ4v) is 0.901. The molecule has 10 heavy (non-hydrogen) atoms. The van der Waals surface area contributed by atoms with E-state index in [2.05, 4.69) is 6.58 Å². The number of esters is 1. The molecule has 1 aliphatic carbocycles. The van der Waals surface area contributed by atoms with Crippen molar-refractivity contribution in [2.24, 2.45) is 0 Å². The van der Waals surface area contributed by atoms with Crippen LogP contribution in [-0.4, -0.2) is 12.1 Å². The lowest BCUT2D eigenvalue weighted by Gasteiger charge is -2.07.